The van der Waals surface area contributed by atoms with Gasteiger partial charge in [-0.15, -0.1) is 0 Å². The van der Waals surface area contributed by atoms with Gasteiger partial charge in [-0.2, -0.15) is 4.98 Å². The van der Waals surface area contributed by atoms with Gasteiger partial charge in [0.25, 0.3) is 0 Å². The van der Waals surface area contributed by atoms with Crippen LogP contribution in [0.5, 0.6) is 5.75 Å². The van der Waals surface area contributed by atoms with Crippen LogP contribution >= 0.6 is 0 Å². The zero-order valence-electron chi connectivity index (χ0n) is 13.8. The van der Waals surface area contributed by atoms with Gasteiger partial charge >= 0.3 is 0 Å². The van der Waals surface area contributed by atoms with Gasteiger partial charge in [0.05, 0.1) is 13.0 Å². The van der Waals surface area contributed by atoms with Crippen LogP contribution in [0.4, 0.5) is 0 Å². The summed E-state index contributed by atoms with van der Waals surface area (Å²) in [7, 11) is 0. The predicted octanol–water partition coefficient (Wildman–Crippen LogP) is 2.26. The number of carbonyl (C=O) groups is 1. The Bertz CT molecular complexity index is 756. The van der Waals surface area contributed by atoms with Crippen LogP contribution in [-0.4, -0.2) is 40.6 Å². The van der Waals surface area contributed by atoms with Gasteiger partial charge in [0.2, 0.25) is 11.8 Å². The fourth-order valence-electron chi connectivity index (χ4n) is 3.53. The quantitative estimate of drug-likeness (QED) is 0.865. The third kappa shape index (κ3) is 3.00. The Morgan fingerprint density at radius 2 is 2.33 bits per heavy atom. The highest BCUT2D eigenvalue weighted by Crippen LogP contribution is 2.28. The highest BCUT2D eigenvalue weighted by molar-refractivity contribution is 5.79. The summed E-state index contributed by atoms with van der Waals surface area (Å²) in [5, 5.41) is 4.02. The molecule has 6 nitrogen and oxygen atoms in total. The lowest BCUT2D eigenvalue weighted by molar-refractivity contribution is -0.131. The molecule has 24 heavy (non-hydrogen) atoms. The summed E-state index contributed by atoms with van der Waals surface area (Å²) in [6, 6.07) is 6.07. The monoisotopic (exact) mass is 327 g/mol. The lowest BCUT2D eigenvalue weighted by atomic mass is 9.96. The van der Waals surface area contributed by atoms with Crippen molar-refractivity contribution in [1.29, 1.82) is 0 Å². The van der Waals surface area contributed by atoms with Crippen molar-refractivity contribution < 1.29 is 14.1 Å². The van der Waals surface area contributed by atoms with Crippen LogP contribution in [0.15, 0.2) is 22.7 Å². The molecule has 0 aliphatic carbocycles. The maximum Gasteiger partial charge on any atom is 0.227 e. The number of rotatable bonds is 3. The van der Waals surface area contributed by atoms with Gasteiger partial charge in [0, 0.05) is 32.4 Å². The van der Waals surface area contributed by atoms with Gasteiger partial charge in [0.1, 0.15) is 5.75 Å². The molecule has 0 bridgehead atoms. The SMILES string of the molecule is Cc1nc([C@H]2CCCN(C(=O)Cc3ccc4c(c3)CCO4)C2)no1. The van der Waals surface area contributed by atoms with Crippen LogP contribution in [0.25, 0.3) is 0 Å². The van der Waals surface area contributed by atoms with Gasteiger partial charge < -0.3 is 14.2 Å². The van der Waals surface area contributed by atoms with E-state index < -0.39 is 0 Å². The third-order valence-electron chi connectivity index (χ3n) is 4.79. The van der Waals surface area contributed by atoms with Crippen LogP contribution in [0, 0.1) is 6.92 Å². The molecule has 2 aromatic rings. The summed E-state index contributed by atoms with van der Waals surface area (Å²) < 4.78 is 10.6. The maximum absolute atomic E-state index is 12.7. The largest absolute Gasteiger partial charge is 0.493 e. The lowest BCUT2D eigenvalue weighted by Gasteiger charge is -2.31. The molecule has 4 rings (SSSR count). The zero-order chi connectivity index (χ0) is 16.5. The van der Waals surface area contributed by atoms with E-state index >= 15 is 0 Å². The Labute approximate surface area is 140 Å². The number of aromatic nitrogens is 2. The van der Waals surface area contributed by atoms with Crippen molar-refractivity contribution in [3.8, 4) is 5.75 Å². The number of hydrogen-bond donors (Lipinski definition) is 0. The molecule has 0 spiro atoms. The zero-order valence-corrected chi connectivity index (χ0v) is 13.8. The molecule has 0 saturated carbocycles. The van der Waals surface area contributed by atoms with Crippen molar-refractivity contribution in [1.82, 2.24) is 15.0 Å². The van der Waals surface area contributed by atoms with Crippen molar-refractivity contribution in [2.45, 2.75) is 38.5 Å². The molecular weight excluding hydrogens is 306 g/mol. The second-order valence-corrected chi connectivity index (χ2v) is 6.57. The predicted molar refractivity (Wildman–Crippen MR) is 86.9 cm³/mol. The minimum Gasteiger partial charge on any atom is -0.493 e. The summed E-state index contributed by atoms with van der Waals surface area (Å²) in [6.45, 7) is 4.01. The van der Waals surface area contributed by atoms with Crippen LogP contribution in [-0.2, 0) is 17.6 Å². The van der Waals surface area contributed by atoms with E-state index in [2.05, 4.69) is 16.2 Å². The number of benzene rings is 1. The van der Waals surface area contributed by atoms with Gasteiger partial charge in [-0.25, -0.2) is 0 Å². The standard InChI is InChI=1S/C18H21N3O3/c1-12-19-18(20-24-12)15-3-2-7-21(11-15)17(22)10-13-4-5-16-14(9-13)6-8-23-16/h4-5,9,15H,2-3,6-8,10-11H2,1H3/t15-/m0/s1. The molecule has 2 aliphatic heterocycles. The van der Waals surface area contributed by atoms with E-state index in [1.165, 1.54) is 5.56 Å². The fraction of sp³-hybridized carbons (Fsp3) is 0.500. The molecule has 1 aromatic heterocycles. The first-order valence-electron chi connectivity index (χ1n) is 8.51. The smallest absolute Gasteiger partial charge is 0.227 e. The maximum atomic E-state index is 12.7. The van der Waals surface area contributed by atoms with Crippen LogP contribution in [0.2, 0.25) is 0 Å². The molecule has 1 saturated heterocycles. The molecule has 3 heterocycles. The van der Waals surface area contributed by atoms with Crippen molar-refractivity contribution in [2.75, 3.05) is 19.7 Å². The van der Waals surface area contributed by atoms with Gasteiger partial charge in [-0.1, -0.05) is 17.3 Å². The second-order valence-electron chi connectivity index (χ2n) is 6.57. The molecule has 2 aliphatic rings. The number of nitrogens with zero attached hydrogens (tertiary/aromatic N) is 3. The van der Waals surface area contributed by atoms with Gasteiger partial charge in [0.15, 0.2) is 5.82 Å². The lowest BCUT2D eigenvalue weighted by Crippen LogP contribution is -2.40. The Kier molecular flexibility index (Phi) is 3.96. The Morgan fingerprint density at radius 3 is 3.17 bits per heavy atom. The van der Waals surface area contributed by atoms with Crippen LogP contribution in [0.1, 0.15) is 41.6 Å². The molecule has 1 amide bonds. The minimum absolute atomic E-state index is 0.166. The summed E-state index contributed by atoms with van der Waals surface area (Å²) >= 11 is 0. The highest BCUT2D eigenvalue weighted by Gasteiger charge is 2.27. The van der Waals surface area contributed by atoms with Gasteiger partial charge in [-0.05, 0) is 30.0 Å². The number of ether oxygens (including phenoxy) is 1. The van der Waals surface area contributed by atoms with E-state index in [9.17, 15) is 4.79 Å². The number of amides is 1. The normalized spacial score (nSPS) is 19.9. The topological polar surface area (TPSA) is 68.5 Å². The highest BCUT2D eigenvalue weighted by atomic mass is 16.5. The molecule has 1 fully saturated rings. The van der Waals surface area contributed by atoms with E-state index in [-0.39, 0.29) is 11.8 Å². The van der Waals surface area contributed by atoms with Crippen LogP contribution in [0.3, 0.4) is 0 Å². The van der Waals surface area contributed by atoms with Crippen molar-refractivity contribution in [2.24, 2.45) is 0 Å². The van der Waals surface area contributed by atoms with E-state index in [1.54, 1.807) is 6.92 Å². The summed E-state index contributed by atoms with van der Waals surface area (Å²) in [5.41, 5.74) is 2.26. The third-order valence-corrected chi connectivity index (χ3v) is 4.79. The molecule has 1 aromatic carbocycles. The number of carbonyl (C=O) groups excluding carboxylic acids is 1. The molecule has 0 unspecified atom stereocenters. The molecule has 1 atom stereocenters. The van der Waals surface area contributed by atoms with E-state index in [0.717, 1.165) is 49.6 Å². The number of likely N-dealkylation sites (tertiary alicyclic amines) is 1. The van der Waals surface area contributed by atoms with Crippen molar-refractivity contribution >= 4 is 5.91 Å². The van der Waals surface area contributed by atoms with Crippen LogP contribution < -0.4 is 4.74 Å². The Hall–Kier alpha value is -2.37. The molecule has 0 N–H and O–H groups in total. The van der Waals surface area contributed by atoms with Crippen molar-refractivity contribution in [3.05, 3.63) is 41.0 Å². The van der Waals surface area contributed by atoms with E-state index in [0.29, 0.717) is 18.9 Å². The number of hydrogen-bond acceptors (Lipinski definition) is 5. The average Bonchev–Trinajstić information content (AvgIpc) is 3.23. The Balaban J connectivity index is 1.42. The van der Waals surface area contributed by atoms with E-state index in [1.807, 2.05) is 17.0 Å². The number of fused-ring (bicyclic) bond motifs is 1. The molecule has 126 valence electrons. The Morgan fingerprint density at radius 1 is 1.42 bits per heavy atom. The summed E-state index contributed by atoms with van der Waals surface area (Å²) in [5.74, 6) is 2.59. The summed E-state index contributed by atoms with van der Waals surface area (Å²) in [6.07, 6.45) is 3.34. The first kappa shape index (κ1) is 15.2. The number of aryl methyl sites for hydroxylation is 1. The first-order chi connectivity index (χ1) is 11.7. The first-order valence-corrected chi connectivity index (χ1v) is 8.51. The average molecular weight is 327 g/mol. The van der Waals surface area contributed by atoms with Crippen molar-refractivity contribution in [3.63, 3.8) is 0 Å². The molecule has 0 radical (unpaired) electrons. The minimum atomic E-state index is 0.166. The van der Waals surface area contributed by atoms with E-state index in [4.69, 9.17) is 9.26 Å². The van der Waals surface area contributed by atoms with Gasteiger partial charge in [-0.3, -0.25) is 4.79 Å². The fourth-order valence-corrected chi connectivity index (χ4v) is 3.53. The molecule has 6 heteroatoms. The summed E-state index contributed by atoms with van der Waals surface area (Å²) in [4.78, 5) is 18.9. The molecular formula is C18H21N3O3. The number of piperidine rings is 1. The second kappa shape index (κ2) is 6.26.